The number of hydrogen-bond donors (Lipinski definition) is 1. The molecule has 112 valence electrons. The molecule has 0 saturated heterocycles. The van der Waals surface area contributed by atoms with Crippen molar-refractivity contribution in [2.45, 2.75) is 65.0 Å². The maximum Gasteiger partial charge on any atom is 0.0417 e. The second-order valence-corrected chi connectivity index (χ2v) is 6.66. The molecule has 1 saturated carbocycles. The van der Waals surface area contributed by atoms with Crippen LogP contribution in [-0.4, -0.2) is 12.6 Å². The van der Waals surface area contributed by atoms with Gasteiger partial charge in [-0.15, -0.1) is 0 Å². The minimum Gasteiger partial charge on any atom is -0.368 e. The molecule has 1 aliphatic rings. The van der Waals surface area contributed by atoms with Crippen molar-refractivity contribution >= 4 is 5.69 Å². The highest BCUT2D eigenvalue weighted by Crippen LogP contribution is 2.32. The largest absolute Gasteiger partial charge is 0.368 e. The van der Waals surface area contributed by atoms with Crippen LogP contribution < -0.4 is 10.6 Å². The molecule has 20 heavy (non-hydrogen) atoms. The van der Waals surface area contributed by atoms with Crippen molar-refractivity contribution in [1.82, 2.24) is 0 Å². The summed E-state index contributed by atoms with van der Waals surface area (Å²) in [4.78, 5) is 2.64. The molecule has 1 aromatic rings. The molecular formula is C18H30N2. The van der Waals surface area contributed by atoms with Gasteiger partial charge in [-0.2, -0.15) is 0 Å². The second kappa shape index (κ2) is 7.12. The fourth-order valence-corrected chi connectivity index (χ4v) is 3.25. The Morgan fingerprint density at radius 1 is 1.15 bits per heavy atom. The minimum absolute atomic E-state index is 0.106. The van der Waals surface area contributed by atoms with Crippen LogP contribution in [0.5, 0.6) is 0 Å². The number of anilines is 1. The van der Waals surface area contributed by atoms with Crippen molar-refractivity contribution in [3.8, 4) is 0 Å². The van der Waals surface area contributed by atoms with E-state index in [0.29, 0.717) is 6.04 Å². The van der Waals surface area contributed by atoms with E-state index < -0.39 is 0 Å². The van der Waals surface area contributed by atoms with Gasteiger partial charge in [0.15, 0.2) is 0 Å². The van der Waals surface area contributed by atoms with E-state index in [1.54, 1.807) is 0 Å². The van der Waals surface area contributed by atoms with E-state index >= 15 is 0 Å². The maximum absolute atomic E-state index is 6.18. The quantitative estimate of drug-likeness (QED) is 0.827. The molecule has 2 N–H and O–H groups in total. The molecule has 0 spiro atoms. The van der Waals surface area contributed by atoms with Crippen molar-refractivity contribution in [2.75, 3.05) is 11.4 Å². The zero-order chi connectivity index (χ0) is 14.5. The Labute approximate surface area is 124 Å². The summed E-state index contributed by atoms with van der Waals surface area (Å²) in [5.41, 5.74) is 8.85. The molecule has 1 aliphatic carbocycles. The summed E-state index contributed by atoms with van der Waals surface area (Å²) in [5.74, 6) is 0.751. The molecule has 2 nitrogen and oxygen atoms in total. The van der Waals surface area contributed by atoms with Crippen LogP contribution in [0.1, 0.15) is 64.5 Å². The van der Waals surface area contributed by atoms with Crippen LogP contribution in [0.15, 0.2) is 24.3 Å². The van der Waals surface area contributed by atoms with E-state index in [2.05, 4.69) is 49.9 Å². The highest BCUT2D eigenvalue weighted by molar-refractivity contribution is 5.55. The summed E-state index contributed by atoms with van der Waals surface area (Å²) in [5, 5.41) is 0. The lowest BCUT2D eigenvalue weighted by molar-refractivity contribution is 0.526. The first-order chi connectivity index (χ1) is 9.59. The van der Waals surface area contributed by atoms with Crippen molar-refractivity contribution in [3.63, 3.8) is 0 Å². The molecule has 0 aromatic heterocycles. The molecule has 2 rings (SSSR count). The van der Waals surface area contributed by atoms with Gasteiger partial charge in [-0.25, -0.2) is 0 Å². The van der Waals surface area contributed by atoms with E-state index in [1.165, 1.54) is 43.4 Å². The Kier molecular flexibility index (Phi) is 5.47. The van der Waals surface area contributed by atoms with Gasteiger partial charge in [-0.05, 0) is 43.7 Å². The lowest BCUT2D eigenvalue weighted by Gasteiger charge is -2.34. The number of nitrogens with zero attached hydrogens (tertiary/aromatic N) is 1. The van der Waals surface area contributed by atoms with Crippen molar-refractivity contribution in [2.24, 2.45) is 11.7 Å². The first-order valence-electron chi connectivity index (χ1n) is 8.20. The molecule has 2 heteroatoms. The Bertz CT molecular complexity index is 406. The first-order valence-corrected chi connectivity index (χ1v) is 8.20. The van der Waals surface area contributed by atoms with Crippen LogP contribution in [0.2, 0.25) is 0 Å². The molecule has 0 radical (unpaired) electrons. The number of nitrogens with two attached hydrogens (primary N) is 1. The Morgan fingerprint density at radius 3 is 2.40 bits per heavy atom. The van der Waals surface area contributed by atoms with Crippen LogP contribution in [0.3, 0.4) is 0 Å². The fourth-order valence-electron chi connectivity index (χ4n) is 3.25. The van der Waals surface area contributed by atoms with E-state index in [1.807, 2.05) is 0 Å². The highest BCUT2D eigenvalue weighted by atomic mass is 15.2. The summed E-state index contributed by atoms with van der Waals surface area (Å²) < 4.78 is 0. The normalized spacial score (nSPS) is 17.6. The molecule has 1 atom stereocenters. The molecule has 0 heterocycles. The number of hydrogen-bond acceptors (Lipinski definition) is 2. The monoisotopic (exact) mass is 274 g/mol. The smallest absolute Gasteiger partial charge is 0.0417 e. The second-order valence-electron chi connectivity index (χ2n) is 6.66. The van der Waals surface area contributed by atoms with Crippen LogP contribution in [-0.2, 0) is 0 Å². The van der Waals surface area contributed by atoms with Crippen molar-refractivity contribution in [1.29, 1.82) is 0 Å². The highest BCUT2D eigenvalue weighted by Gasteiger charge is 2.24. The van der Waals surface area contributed by atoms with E-state index in [4.69, 9.17) is 5.73 Å². The number of benzene rings is 1. The van der Waals surface area contributed by atoms with Crippen LogP contribution in [0.4, 0.5) is 5.69 Å². The van der Waals surface area contributed by atoms with E-state index in [9.17, 15) is 0 Å². The van der Waals surface area contributed by atoms with E-state index in [0.717, 1.165) is 12.5 Å². The van der Waals surface area contributed by atoms with Crippen LogP contribution in [0, 0.1) is 5.92 Å². The van der Waals surface area contributed by atoms with Gasteiger partial charge in [0.1, 0.15) is 0 Å². The number of rotatable bonds is 6. The van der Waals surface area contributed by atoms with Crippen LogP contribution >= 0.6 is 0 Å². The summed E-state index contributed by atoms with van der Waals surface area (Å²) in [6, 6.07) is 9.54. The molecular weight excluding hydrogens is 244 g/mol. The third-order valence-corrected chi connectivity index (χ3v) is 4.45. The fraction of sp³-hybridized carbons (Fsp3) is 0.667. The summed E-state index contributed by atoms with van der Waals surface area (Å²) in [7, 11) is 0. The van der Waals surface area contributed by atoms with Gasteiger partial charge in [0, 0.05) is 24.3 Å². The van der Waals surface area contributed by atoms with Crippen LogP contribution in [0.25, 0.3) is 0 Å². The zero-order valence-corrected chi connectivity index (χ0v) is 13.3. The van der Waals surface area contributed by atoms with E-state index in [-0.39, 0.29) is 6.04 Å². The topological polar surface area (TPSA) is 29.3 Å². The summed E-state index contributed by atoms with van der Waals surface area (Å²) >= 11 is 0. The van der Waals surface area contributed by atoms with Gasteiger partial charge >= 0.3 is 0 Å². The predicted molar refractivity (Wildman–Crippen MR) is 88.1 cm³/mol. The average molecular weight is 274 g/mol. The van der Waals surface area contributed by atoms with Gasteiger partial charge in [0.25, 0.3) is 0 Å². The lowest BCUT2D eigenvalue weighted by Crippen LogP contribution is -2.36. The zero-order valence-electron chi connectivity index (χ0n) is 13.3. The Balaban J connectivity index is 2.25. The SMILES string of the molecule is CC(C)CCN(c1ccccc1C(C)N)C1CCCC1. The predicted octanol–water partition coefficient (Wildman–Crippen LogP) is 4.50. The molecule has 1 aromatic carbocycles. The molecule has 0 aliphatic heterocycles. The third-order valence-electron chi connectivity index (χ3n) is 4.45. The van der Waals surface area contributed by atoms with Crippen molar-refractivity contribution < 1.29 is 0 Å². The molecule has 0 amide bonds. The summed E-state index contributed by atoms with van der Waals surface area (Å²) in [6.45, 7) is 7.87. The Morgan fingerprint density at radius 2 is 1.80 bits per heavy atom. The average Bonchev–Trinajstić information content (AvgIpc) is 2.93. The lowest BCUT2D eigenvalue weighted by atomic mass is 10.0. The van der Waals surface area contributed by atoms with Gasteiger partial charge in [0.05, 0.1) is 0 Å². The Hall–Kier alpha value is -1.02. The first kappa shape index (κ1) is 15.4. The van der Waals surface area contributed by atoms with Gasteiger partial charge in [-0.1, -0.05) is 44.9 Å². The third kappa shape index (κ3) is 3.76. The molecule has 0 bridgehead atoms. The minimum atomic E-state index is 0.106. The number of para-hydroxylation sites is 1. The standard InChI is InChI=1S/C18H30N2/c1-14(2)12-13-20(16-8-4-5-9-16)18-11-7-6-10-17(18)15(3)19/h6-7,10-11,14-16H,4-5,8-9,12-13,19H2,1-3H3. The van der Waals surface area contributed by atoms with Crippen molar-refractivity contribution in [3.05, 3.63) is 29.8 Å². The van der Waals surface area contributed by atoms with Gasteiger partial charge < -0.3 is 10.6 Å². The molecule has 1 fully saturated rings. The maximum atomic E-state index is 6.18. The summed E-state index contributed by atoms with van der Waals surface area (Å²) in [6.07, 6.45) is 6.69. The molecule has 1 unspecified atom stereocenters. The van der Waals surface area contributed by atoms with Gasteiger partial charge in [-0.3, -0.25) is 0 Å². The van der Waals surface area contributed by atoms with Gasteiger partial charge in [0.2, 0.25) is 0 Å².